The average Bonchev–Trinajstić information content (AvgIpc) is 1.37. The first-order valence-corrected chi connectivity index (χ1v) is 7.42. The molecule has 0 aliphatic heterocycles. The molecule has 5 heteroatoms. The molecule has 0 atom stereocenters. The van der Waals surface area contributed by atoms with E-state index in [2.05, 4.69) is 0 Å². The summed E-state index contributed by atoms with van der Waals surface area (Å²) in [5.41, 5.74) is 0. The van der Waals surface area contributed by atoms with Crippen molar-refractivity contribution < 1.29 is 37.1 Å². The molecule has 0 amide bonds. The molecule has 0 aromatic heterocycles. The van der Waals surface area contributed by atoms with E-state index in [1.807, 2.05) is 37.1 Å². The predicted octanol–water partition coefficient (Wildman–Crippen LogP) is 0.643. The zero-order chi connectivity index (χ0) is 3.41. The van der Waals surface area contributed by atoms with Crippen molar-refractivity contribution in [2.75, 3.05) is 0 Å². The Kier molecular flexibility index (Phi) is 20.9. The van der Waals surface area contributed by atoms with Gasteiger partial charge in [-0.15, -0.1) is 0 Å². The minimum atomic E-state index is 0. The van der Waals surface area contributed by atoms with Crippen LogP contribution in [0.2, 0.25) is 0 Å². The minimum absolute atomic E-state index is 0. The molecule has 26 valence electrons. The van der Waals surface area contributed by atoms with E-state index in [-0.39, 0.29) is 18.9 Å². The molecule has 0 aromatic rings. The Hall–Kier alpha value is 2.67. The van der Waals surface area contributed by atoms with E-state index in [0.717, 1.165) is 0 Å². The van der Waals surface area contributed by atoms with Gasteiger partial charge in [0, 0.05) is 0 Å². The molecule has 0 nitrogen and oxygen atoms in total. The summed E-state index contributed by atoms with van der Waals surface area (Å²) in [5.74, 6) is 0. The Morgan fingerprint density at radius 3 is 1.20 bits per heavy atom. The third-order valence-corrected chi connectivity index (χ3v) is 8.75. The molecule has 0 heterocycles. The molecule has 0 N–H and O–H groups in total. The van der Waals surface area contributed by atoms with Crippen molar-refractivity contribution in [1.82, 2.24) is 0 Å². The first-order chi connectivity index (χ1) is 1.91. The van der Waals surface area contributed by atoms with Gasteiger partial charge in [0.25, 0.3) is 0 Å². The molecule has 0 bridgehead atoms. The second kappa shape index (κ2) is 9.84. The van der Waals surface area contributed by atoms with Crippen molar-refractivity contribution in [1.29, 1.82) is 0 Å². The first-order valence-electron chi connectivity index (χ1n) is 0.500. The van der Waals surface area contributed by atoms with Gasteiger partial charge < -0.3 is 0 Å². The van der Waals surface area contributed by atoms with Gasteiger partial charge in [-0.25, -0.2) is 0 Å². The summed E-state index contributed by atoms with van der Waals surface area (Å²) in [6.45, 7) is 0. The van der Waals surface area contributed by atoms with E-state index in [1.54, 1.807) is 17.0 Å². The third kappa shape index (κ3) is 10.8. The van der Waals surface area contributed by atoms with E-state index in [4.69, 9.17) is 0 Å². The van der Waals surface area contributed by atoms with Crippen molar-refractivity contribution in [2.45, 2.75) is 0 Å². The standard InChI is InChI=1S/Li.2Mo.S2.H/c;;;1-2;/q;2*+1;-2;. The Labute approximate surface area is 71.8 Å². The summed E-state index contributed by atoms with van der Waals surface area (Å²) in [4.78, 5) is 0. The van der Waals surface area contributed by atoms with Crippen LogP contribution in [-0.4, -0.2) is 18.9 Å². The molecule has 0 fully saturated rings. The van der Waals surface area contributed by atoms with Gasteiger partial charge in [-0.1, -0.05) is 0 Å². The second-order valence-electron chi connectivity index (χ2n) is 0.136. The molecule has 0 rings (SSSR count). The van der Waals surface area contributed by atoms with Gasteiger partial charge in [0.05, 0.1) is 0 Å². The van der Waals surface area contributed by atoms with Crippen LogP contribution >= 0.6 is 17.0 Å². The van der Waals surface area contributed by atoms with Crippen LogP contribution in [0, 0.1) is 0 Å². The first kappa shape index (κ1) is 10.6. The van der Waals surface area contributed by atoms with Crippen LogP contribution < -0.4 is 0 Å². The zero-order valence-electron chi connectivity index (χ0n) is 1.63. The van der Waals surface area contributed by atoms with E-state index >= 15 is 0 Å². The number of hydrogen-bond acceptors (Lipinski definition) is 2. The summed E-state index contributed by atoms with van der Waals surface area (Å²) in [6, 6.07) is 0. The summed E-state index contributed by atoms with van der Waals surface area (Å²) in [7, 11) is 3.58. The summed E-state index contributed by atoms with van der Waals surface area (Å²) < 4.78 is 0. The van der Waals surface area contributed by atoms with Crippen LogP contribution in [0.5, 0.6) is 0 Å². The molecule has 0 saturated carbocycles. The van der Waals surface area contributed by atoms with Crippen molar-refractivity contribution in [2.24, 2.45) is 0 Å². The van der Waals surface area contributed by atoms with E-state index < -0.39 is 0 Å². The Bertz CT molecular complexity index is 9.61. The van der Waals surface area contributed by atoms with Crippen LogP contribution in [0.4, 0.5) is 0 Å². The Morgan fingerprint density at radius 1 is 1.00 bits per heavy atom. The third-order valence-electron chi connectivity index (χ3n) is 0.0278. The quantitative estimate of drug-likeness (QED) is 0.503. The molecule has 0 aromatic carbocycles. The number of rotatable bonds is 1. The van der Waals surface area contributed by atoms with Gasteiger partial charge in [-0.3, -0.25) is 0 Å². The van der Waals surface area contributed by atoms with Gasteiger partial charge in [-0.2, -0.15) is 0 Å². The molecule has 5 heavy (non-hydrogen) atoms. The molecule has 0 aliphatic rings. The summed E-state index contributed by atoms with van der Waals surface area (Å²) >= 11 is 4.01. The summed E-state index contributed by atoms with van der Waals surface area (Å²) in [6.07, 6.45) is 0. The van der Waals surface area contributed by atoms with Crippen molar-refractivity contribution in [3.63, 3.8) is 0 Å². The van der Waals surface area contributed by atoms with Crippen LogP contribution in [0.3, 0.4) is 0 Å². The Balaban J connectivity index is 0. The SMILES string of the molecule is [LiH].[Mo][S][S][Mo]. The van der Waals surface area contributed by atoms with Crippen LogP contribution in [0.15, 0.2) is 0 Å². The van der Waals surface area contributed by atoms with E-state index in [9.17, 15) is 0 Å². The molecule has 0 radical (unpaired) electrons. The van der Waals surface area contributed by atoms with Gasteiger partial charge >= 0.3 is 72.9 Å². The molecule has 0 unspecified atom stereocenters. The molecule has 0 spiro atoms. The second-order valence-corrected chi connectivity index (χ2v) is 7.25. The summed E-state index contributed by atoms with van der Waals surface area (Å²) in [5, 5.41) is 0. The number of hydrogen-bond donors (Lipinski definition) is 0. The fourth-order valence-corrected chi connectivity index (χ4v) is 0. The normalized spacial score (nSPS) is 5.60. The van der Waals surface area contributed by atoms with Gasteiger partial charge in [0.2, 0.25) is 0 Å². The van der Waals surface area contributed by atoms with Crippen molar-refractivity contribution >= 4 is 35.9 Å². The van der Waals surface area contributed by atoms with Crippen LogP contribution in [0.25, 0.3) is 0 Å². The van der Waals surface area contributed by atoms with Gasteiger partial charge in [0.1, 0.15) is 0 Å². The zero-order valence-corrected chi connectivity index (χ0v) is 7.28. The molecular formula is HLiMo2S2. The molecule has 0 saturated heterocycles. The van der Waals surface area contributed by atoms with E-state index in [0.29, 0.717) is 0 Å². The van der Waals surface area contributed by atoms with Gasteiger partial charge in [0.15, 0.2) is 0 Å². The predicted molar refractivity (Wildman–Crippen MR) is 22.3 cm³/mol. The van der Waals surface area contributed by atoms with Gasteiger partial charge in [-0.05, 0) is 0 Å². The molecule has 0 aliphatic carbocycles. The molecular weight excluding hydrogens is 263 g/mol. The average molecular weight is 264 g/mol. The van der Waals surface area contributed by atoms with Crippen LogP contribution in [0.1, 0.15) is 0 Å². The fourth-order valence-electron chi connectivity index (χ4n) is 0. The Morgan fingerprint density at radius 2 is 1.20 bits per heavy atom. The van der Waals surface area contributed by atoms with E-state index in [1.165, 1.54) is 0 Å². The maximum atomic E-state index is 2.01. The maximum absolute atomic E-state index is 2.01. The fraction of sp³-hybridized carbons (Fsp3) is 0. The van der Waals surface area contributed by atoms with Crippen molar-refractivity contribution in [3.8, 4) is 0 Å². The van der Waals surface area contributed by atoms with Crippen molar-refractivity contribution in [3.05, 3.63) is 0 Å². The van der Waals surface area contributed by atoms with Crippen LogP contribution in [-0.2, 0) is 37.1 Å². The monoisotopic (exact) mass is 268 g/mol. The topological polar surface area (TPSA) is 0 Å².